The van der Waals surface area contributed by atoms with Gasteiger partial charge in [0, 0.05) is 19.7 Å². The van der Waals surface area contributed by atoms with Crippen molar-refractivity contribution in [3.63, 3.8) is 0 Å². The molecule has 0 unspecified atom stereocenters. The molecular weight excluding hydrogens is 258 g/mol. The Bertz CT molecular complexity index is 637. The smallest absolute Gasteiger partial charge is 0.162 e. The van der Waals surface area contributed by atoms with Gasteiger partial charge in [-0.1, -0.05) is 0 Å². The normalized spacial score (nSPS) is 13.5. The van der Waals surface area contributed by atoms with Crippen LogP contribution in [0.15, 0.2) is 18.3 Å². The lowest BCUT2D eigenvalue weighted by Gasteiger charge is -2.21. The van der Waals surface area contributed by atoms with Gasteiger partial charge in [0.05, 0.1) is 12.8 Å². The first-order chi connectivity index (χ1) is 9.70. The van der Waals surface area contributed by atoms with Gasteiger partial charge in [-0.25, -0.2) is 0 Å². The number of fused-ring (bicyclic) bond motifs is 1. The van der Waals surface area contributed by atoms with Gasteiger partial charge in [0.2, 0.25) is 0 Å². The first-order valence-electron chi connectivity index (χ1n) is 6.40. The van der Waals surface area contributed by atoms with Gasteiger partial charge in [-0.15, -0.1) is 0 Å². The van der Waals surface area contributed by atoms with Gasteiger partial charge in [-0.05, 0) is 23.3 Å². The number of hydrogen-bond donors (Lipinski definition) is 1. The minimum atomic E-state index is 0.473. The molecule has 106 valence electrons. The lowest BCUT2D eigenvalue weighted by atomic mass is 10.0. The Balaban J connectivity index is 2.14. The van der Waals surface area contributed by atoms with Gasteiger partial charge in [0.15, 0.2) is 11.5 Å². The van der Waals surface area contributed by atoms with Crippen LogP contribution in [0.4, 0.5) is 5.82 Å². The number of nitrogens with two attached hydrogens (primary N) is 1. The van der Waals surface area contributed by atoms with Crippen LogP contribution in [-0.4, -0.2) is 30.1 Å². The number of nitrogens with zero attached hydrogens (tertiary/aromatic N) is 2. The lowest BCUT2D eigenvalue weighted by Crippen LogP contribution is -2.15. The van der Waals surface area contributed by atoms with Crippen molar-refractivity contribution in [1.29, 1.82) is 0 Å². The zero-order chi connectivity index (χ0) is 14.1. The zero-order valence-corrected chi connectivity index (χ0v) is 11.5. The van der Waals surface area contributed by atoms with Crippen LogP contribution in [0, 0.1) is 0 Å². The van der Waals surface area contributed by atoms with E-state index in [4.69, 9.17) is 19.9 Å². The Hall–Kier alpha value is -2.21. The van der Waals surface area contributed by atoms with Crippen LogP contribution in [0.2, 0.25) is 0 Å². The number of methoxy groups -OCH3 is 1. The molecule has 20 heavy (non-hydrogen) atoms. The van der Waals surface area contributed by atoms with Crippen LogP contribution in [0.25, 0.3) is 11.1 Å². The van der Waals surface area contributed by atoms with E-state index in [1.807, 2.05) is 19.2 Å². The van der Waals surface area contributed by atoms with Crippen LogP contribution >= 0.6 is 0 Å². The highest BCUT2D eigenvalue weighted by Gasteiger charge is 2.19. The second-order valence-electron chi connectivity index (χ2n) is 4.65. The number of aromatic nitrogens is 2. The zero-order valence-electron chi connectivity index (χ0n) is 11.5. The van der Waals surface area contributed by atoms with Crippen LogP contribution < -0.4 is 15.2 Å². The van der Waals surface area contributed by atoms with Gasteiger partial charge >= 0.3 is 0 Å². The first kappa shape index (κ1) is 12.8. The molecule has 2 aromatic rings. The third kappa shape index (κ3) is 2.08. The molecule has 2 N–H and O–H groups in total. The number of nitrogen functional groups attached to an aromatic ring is 1. The van der Waals surface area contributed by atoms with Crippen molar-refractivity contribution < 1.29 is 14.2 Å². The van der Waals surface area contributed by atoms with E-state index in [1.54, 1.807) is 18.0 Å². The Labute approximate surface area is 117 Å². The molecule has 0 atom stereocenters. The molecule has 0 bridgehead atoms. The summed E-state index contributed by atoms with van der Waals surface area (Å²) in [5.41, 5.74) is 8.89. The first-order valence-corrected chi connectivity index (χ1v) is 6.40. The van der Waals surface area contributed by atoms with Crippen molar-refractivity contribution in [3.8, 4) is 22.6 Å². The molecule has 2 heterocycles. The fourth-order valence-corrected chi connectivity index (χ4v) is 2.31. The number of benzene rings is 1. The summed E-state index contributed by atoms with van der Waals surface area (Å²) < 4.78 is 18.1. The Morgan fingerprint density at radius 2 is 1.95 bits per heavy atom. The molecule has 1 aliphatic rings. The number of ether oxygens (including phenoxy) is 3. The van der Waals surface area contributed by atoms with Gasteiger partial charge in [0.1, 0.15) is 19.0 Å². The predicted octanol–water partition coefficient (Wildman–Crippen LogP) is 1.59. The molecule has 0 aliphatic carbocycles. The van der Waals surface area contributed by atoms with Crippen molar-refractivity contribution in [2.24, 2.45) is 7.05 Å². The molecule has 6 heteroatoms. The molecule has 6 nitrogen and oxygen atoms in total. The monoisotopic (exact) mass is 275 g/mol. The average Bonchev–Trinajstić information content (AvgIpc) is 2.79. The van der Waals surface area contributed by atoms with Crippen LogP contribution in [0.1, 0.15) is 5.56 Å². The summed E-state index contributed by atoms with van der Waals surface area (Å²) in [6.07, 6.45) is 1.75. The van der Waals surface area contributed by atoms with E-state index >= 15 is 0 Å². The van der Waals surface area contributed by atoms with E-state index in [9.17, 15) is 0 Å². The summed E-state index contributed by atoms with van der Waals surface area (Å²) >= 11 is 0. The second-order valence-corrected chi connectivity index (χ2v) is 4.65. The average molecular weight is 275 g/mol. The van der Waals surface area contributed by atoms with E-state index in [2.05, 4.69) is 5.10 Å². The molecule has 0 spiro atoms. The molecule has 0 radical (unpaired) electrons. The van der Waals surface area contributed by atoms with E-state index in [0.717, 1.165) is 28.2 Å². The van der Waals surface area contributed by atoms with Gasteiger partial charge in [-0.2, -0.15) is 5.10 Å². The number of aryl methyl sites for hydroxylation is 1. The molecule has 0 saturated heterocycles. The highest BCUT2D eigenvalue weighted by molar-refractivity contribution is 5.78. The fraction of sp³-hybridized carbons (Fsp3) is 0.357. The standard InChI is InChI=1S/C14H17N3O3/c1-17-14(15)11(7-16-17)10-6-13-12(19-3-4-20-13)5-9(10)8-18-2/h5-7H,3-4,8,15H2,1-2H3. The highest BCUT2D eigenvalue weighted by atomic mass is 16.6. The van der Waals surface area contributed by atoms with Gasteiger partial charge < -0.3 is 19.9 Å². The van der Waals surface area contributed by atoms with E-state index in [1.165, 1.54) is 0 Å². The van der Waals surface area contributed by atoms with Crippen molar-refractivity contribution in [2.45, 2.75) is 6.61 Å². The molecule has 1 aliphatic heterocycles. The van der Waals surface area contributed by atoms with Crippen molar-refractivity contribution in [3.05, 3.63) is 23.9 Å². The maximum Gasteiger partial charge on any atom is 0.162 e. The molecule has 0 amide bonds. The van der Waals surface area contributed by atoms with Crippen LogP contribution in [-0.2, 0) is 18.4 Å². The maximum absolute atomic E-state index is 6.06. The van der Waals surface area contributed by atoms with E-state index < -0.39 is 0 Å². The summed E-state index contributed by atoms with van der Waals surface area (Å²) in [7, 11) is 3.47. The fourth-order valence-electron chi connectivity index (χ4n) is 2.31. The molecular formula is C14H17N3O3. The van der Waals surface area contributed by atoms with E-state index in [-0.39, 0.29) is 0 Å². The molecule has 1 aromatic carbocycles. The van der Waals surface area contributed by atoms with E-state index in [0.29, 0.717) is 25.6 Å². The van der Waals surface area contributed by atoms with Crippen LogP contribution in [0.3, 0.4) is 0 Å². The minimum absolute atomic E-state index is 0.473. The summed E-state index contributed by atoms with van der Waals surface area (Å²) in [6, 6.07) is 3.88. The maximum atomic E-state index is 6.06. The Morgan fingerprint density at radius 3 is 2.55 bits per heavy atom. The molecule has 0 fully saturated rings. The third-order valence-corrected chi connectivity index (χ3v) is 3.34. The summed E-state index contributed by atoms with van der Waals surface area (Å²) in [6.45, 7) is 1.59. The third-order valence-electron chi connectivity index (χ3n) is 3.34. The second kappa shape index (κ2) is 5.05. The SMILES string of the molecule is COCc1cc2c(cc1-c1cnn(C)c1N)OCCO2. The highest BCUT2D eigenvalue weighted by Crippen LogP contribution is 2.39. The van der Waals surface area contributed by atoms with Crippen molar-refractivity contribution >= 4 is 5.82 Å². The van der Waals surface area contributed by atoms with Gasteiger partial charge in [0.25, 0.3) is 0 Å². The predicted molar refractivity (Wildman–Crippen MR) is 74.8 cm³/mol. The van der Waals surface area contributed by atoms with Crippen molar-refractivity contribution in [2.75, 3.05) is 26.1 Å². The topological polar surface area (TPSA) is 71.5 Å². The molecule has 0 saturated carbocycles. The number of rotatable bonds is 3. The quantitative estimate of drug-likeness (QED) is 0.921. The number of hydrogen-bond acceptors (Lipinski definition) is 5. The largest absolute Gasteiger partial charge is 0.486 e. The molecule has 3 rings (SSSR count). The summed E-state index contributed by atoms with van der Waals surface area (Å²) in [5, 5.41) is 4.18. The van der Waals surface area contributed by atoms with Crippen LogP contribution in [0.5, 0.6) is 11.5 Å². The van der Waals surface area contributed by atoms with Crippen molar-refractivity contribution in [1.82, 2.24) is 9.78 Å². The summed E-state index contributed by atoms with van der Waals surface area (Å²) in [5.74, 6) is 2.09. The lowest BCUT2D eigenvalue weighted by molar-refractivity contribution is 0.168. The Morgan fingerprint density at radius 1 is 1.25 bits per heavy atom. The molecule has 1 aromatic heterocycles. The van der Waals surface area contributed by atoms with Gasteiger partial charge in [-0.3, -0.25) is 4.68 Å². The number of anilines is 1. The Kier molecular flexibility index (Phi) is 3.23. The summed E-state index contributed by atoms with van der Waals surface area (Å²) in [4.78, 5) is 0. The minimum Gasteiger partial charge on any atom is -0.486 e.